The van der Waals surface area contributed by atoms with Gasteiger partial charge in [-0.3, -0.25) is 4.79 Å². The zero-order chi connectivity index (χ0) is 17.5. The van der Waals surface area contributed by atoms with E-state index >= 15 is 0 Å². The summed E-state index contributed by atoms with van der Waals surface area (Å²) in [5, 5.41) is 32.9. The van der Waals surface area contributed by atoms with Crippen molar-refractivity contribution in [2.45, 2.75) is 50.2 Å². The molecule has 8 nitrogen and oxygen atoms in total. The van der Waals surface area contributed by atoms with Crippen molar-refractivity contribution in [2.24, 2.45) is 11.7 Å². The number of nitrogens with one attached hydrogen (secondary N) is 1. The molecule has 0 radical (unpaired) electrons. The highest BCUT2D eigenvalue weighted by molar-refractivity contribution is 6.18. The van der Waals surface area contributed by atoms with E-state index in [0.29, 0.717) is 0 Å². The van der Waals surface area contributed by atoms with E-state index in [0.717, 1.165) is 0 Å². The largest absolute Gasteiger partial charge is 0.512 e. The number of fused-ring (bicyclic) bond motifs is 1. The van der Waals surface area contributed by atoms with Crippen LogP contribution in [0.5, 0.6) is 0 Å². The lowest BCUT2D eigenvalue weighted by Crippen LogP contribution is -2.67. The van der Waals surface area contributed by atoms with Gasteiger partial charge in [-0.25, -0.2) is 4.79 Å². The smallest absolute Gasteiger partial charge is 0.338 e. The van der Waals surface area contributed by atoms with Gasteiger partial charge in [0, 0.05) is 12.3 Å². The first-order valence-electron chi connectivity index (χ1n) is 7.25. The number of carbonyl (C=O) groups is 2. The maximum absolute atomic E-state index is 12.2. The molecule has 1 aliphatic heterocycles. The monoisotopic (exact) mass is 348 g/mol. The molecule has 1 heterocycles. The number of amides is 1. The van der Waals surface area contributed by atoms with Gasteiger partial charge in [-0.1, -0.05) is 0 Å². The number of carbonyl (C=O) groups excluding carboxylic acids is 2. The van der Waals surface area contributed by atoms with Gasteiger partial charge < -0.3 is 31.1 Å². The molecule has 0 unspecified atom stereocenters. The summed E-state index contributed by atoms with van der Waals surface area (Å²) < 4.78 is 5.30. The summed E-state index contributed by atoms with van der Waals surface area (Å²) in [5.41, 5.74) is 4.07. The maximum Gasteiger partial charge on any atom is 0.338 e. The van der Waals surface area contributed by atoms with Crippen molar-refractivity contribution < 1.29 is 29.6 Å². The number of cyclic esters (lactones) is 1. The minimum absolute atomic E-state index is 0.152. The fourth-order valence-corrected chi connectivity index (χ4v) is 3.22. The van der Waals surface area contributed by atoms with Gasteiger partial charge in [0.05, 0.1) is 35.7 Å². The molecule has 9 heteroatoms. The lowest BCUT2D eigenvalue weighted by atomic mass is 9.71. The van der Waals surface area contributed by atoms with Crippen molar-refractivity contribution in [1.82, 2.24) is 5.32 Å². The highest BCUT2D eigenvalue weighted by atomic mass is 35.5. The van der Waals surface area contributed by atoms with Gasteiger partial charge in [-0.15, -0.1) is 11.6 Å². The molecule has 0 spiro atoms. The number of ether oxygens (including phenoxy) is 1. The fourth-order valence-electron chi connectivity index (χ4n) is 3.00. The van der Waals surface area contributed by atoms with Gasteiger partial charge in [0.15, 0.2) is 0 Å². The van der Waals surface area contributed by atoms with Crippen LogP contribution in [-0.2, 0) is 14.3 Å². The Hall–Kier alpha value is -1.35. The number of aliphatic hydroxyl groups is 3. The molecule has 0 bridgehead atoms. The van der Waals surface area contributed by atoms with Crippen LogP contribution < -0.4 is 11.1 Å². The standard InChI is InChI=1S/C14H21ClN2O6/c1-5(16)12(21)17-11-9-8(6(18)3-7(19)10(9)20)13(22)23-14(11,2)4-15/h5,7,9-11,18-20H,3-4,16H2,1-2H3,(H,17,21)/t5-,7+,9-,10-,11+,14-/m0/s1. The van der Waals surface area contributed by atoms with Crippen LogP contribution in [0.4, 0.5) is 0 Å². The number of halogens is 1. The van der Waals surface area contributed by atoms with Crippen molar-refractivity contribution in [3.63, 3.8) is 0 Å². The predicted molar refractivity (Wildman–Crippen MR) is 80.6 cm³/mol. The number of alkyl halides is 1. The third-order valence-corrected chi connectivity index (χ3v) is 4.88. The quantitative estimate of drug-likeness (QED) is 0.323. The second-order valence-electron chi connectivity index (χ2n) is 6.26. The van der Waals surface area contributed by atoms with E-state index in [1.165, 1.54) is 13.8 Å². The molecule has 23 heavy (non-hydrogen) atoms. The topological polar surface area (TPSA) is 142 Å². The first-order valence-corrected chi connectivity index (χ1v) is 7.79. The Morgan fingerprint density at radius 1 is 1.57 bits per heavy atom. The van der Waals surface area contributed by atoms with Crippen LogP contribution in [0.3, 0.4) is 0 Å². The summed E-state index contributed by atoms with van der Waals surface area (Å²) in [4.78, 5) is 24.2. The van der Waals surface area contributed by atoms with Crippen molar-refractivity contribution in [1.29, 1.82) is 0 Å². The normalized spacial score (nSPS) is 38.6. The van der Waals surface area contributed by atoms with E-state index < -0.39 is 47.7 Å². The number of rotatable bonds is 3. The van der Waals surface area contributed by atoms with E-state index in [4.69, 9.17) is 22.1 Å². The van der Waals surface area contributed by atoms with E-state index in [1.54, 1.807) is 0 Å². The van der Waals surface area contributed by atoms with E-state index in [1.807, 2.05) is 0 Å². The zero-order valence-corrected chi connectivity index (χ0v) is 13.6. The molecule has 1 aliphatic carbocycles. The molecule has 0 aromatic carbocycles. The van der Waals surface area contributed by atoms with Gasteiger partial charge in [0.25, 0.3) is 0 Å². The van der Waals surface area contributed by atoms with Crippen LogP contribution in [0.15, 0.2) is 11.3 Å². The van der Waals surface area contributed by atoms with Gasteiger partial charge in [-0.05, 0) is 13.8 Å². The van der Waals surface area contributed by atoms with Crippen molar-refractivity contribution in [2.75, 3.05) is 5.88 Å². The number of hydrogen-bond acceptors (Lipinski definition) is 7. The summed E-state index contributed by atoms with van der Waals surface area (Å²) in [7, 11) is 0. The summed E-state index contributed by atoms with van der Waals surface area (Å²) in [6.45, 7) is 2.98. The number of aliphatic hydroxyl groups excluding tert-OH is 3. The first kappa shape index (κ1) is 18.0. The second-order valence-corrected chi connectivity index (χ2v) is 6.53. The molecule has 130 valence electrons. The fraction of sp³-hybridized carbons (Fsp3) is 0.714. The van der Waals surface area contributed by atoms with Gasteiger partial charge in [-0.2, -0.15) is 0 Å². The van der Waals surface area contributed by atoms with Gasteiger partial charge in [0.1, 0.15) is 11.4 Å². The summed E-state index contributed by atoms with van der Waals surface area (Å²) in [6, 6.07) is -1.78. The molecule has 0 aromatic rings. The van der Waals surface area contributed by atoms with Crippen LogP contribution >= 0.6 is 11.6 Å². The molecule has 0 aromatic heterocycles. The predicted octanol–water partition coefficient (Wildman–Crippen LogP) is -1.07. The Labute approximate surface area is 138 Å². The Morgan fingerprint density at radius 2 is 2.17 bits per heavy atom. The molecule has 1 saturated heterocycles. The van der Waals surface area contributed by atoms with Crippen LogP contribution in [0.25, 0.3) is 0 Å². The number of hydrogen-bond donors (Lipinski definition) is 5. The van der Waals surface area contributed by atoms with Gasteiger partial charge >= 0.3 is 5.97 Å². The molecular formula is C14H21ClN2O6. The molecule has 6 atom stereocenters. The van der Waals surface area contributed by atoms with Crippen LogP contribution in [0.2, 0.25) is 0 Å². The lowest BCUT2D eigenvalue weighted by molar-refractivity contribution is -0.172. The van der Waals surface area contributed by atoms with Crippen molar-refractivity contribution >= 4 is 23.5 Å². The zero-order valence-electron chi connectivity index (χ0n) is 12.8. The summed E-state index contributed by atoms with van der Waals surface area (Å²) in [5.74, 6) is -2.93. The van der Waals surface area contributed by atoms with Crippen LogP contribution in [-0.4, -0.2) is 63.0 Å². The number of nitrogens with two attached hydrogens (primary N) is 1. The minimum Gasteiger partial charge on any atom is -0.512 e. The third-order valence-electron chi connectivity index (χ3n) is 4.35. The minimum atomic E-state index is -1.37. The lowest BCUT2D eigenvalue weighted by Gasteiger charge is -2.49. The van der Waals surface area contributed by atoms with Crippen LogP contribution in [0, 0.1) is 5.92 Å². The molecule has 0 saturated carbocycles. The third kappa shape index (κ3) is 3.03. The Balaban J connectivity index is 2.50. The molecule has 2 rings (SSSR count). The van der Waals surface area contributed by atoms with Gasteiger partial charge in [0.2, 0.25) is 5.91 Å². The summed E-state index contributed by atoms with van der Waals surface area (Å²) in [6.07, 6.45) is -2.91. The highest BCUT2D eigenvalue weighted by Crippen LogP contribution is 2.42. The molecule has 1 amide bonds. The SMILES string of the molecule is C[C@H](N)C(=O)N[C@@H]1[C@H]2C(=C(O)C[C@@H](O)[C@@H]2O)C(=O)O[C@@]1(C)CCl. The van der Waals surface area contributed by atoms with Crippen molar-refractivity contribution in [3.05, 3.63) is 11.3 Å². The van der Waals surface area contributed by atoms with E-state index in [9.17, 15) is 24.9 Å². The van der Waals surface area contributed by atoms with E-state index in [2.05, 4.69) is 5.32 Å². The molecule has 2 aliphatic rings. The molecular weight excluding hydrogens is 328 g/mol. The molecule has 1 fully saturated rings. The highest BCUT2D eigenvalue weighted by Gasteiger charge is 2.56. The Morgan fingerprint density at radius 3 is 2.70 bits per heavy atom. The second kappa shape index (κ2) is 6.27. The Bertz CT molecular complexity index is 551. The van der Waals surface area contributed by atoms with Crippen molar-refractivity contribution in [3.8, 4) is 0 Å². The molecule has 6 N–H and O–H groups in total. The van der Waals surface area contributed by atoms with E-state index in [-0.39, 0.29) is 23.6 Å². The number of esters is 1. The average Bonchev–Trinajstić information content (AvgIpc) is 2.46. The van der Waals surface area contributed by atoms with Crippen LogP contribution in [0.1, 0.15) is 20.3 Å². The average molecular weight is 349 g/mol. The Kier molecular flexibility index (Phi) is 4.91. The first-order chi connectivity index (χ1) is 10.6. The maximum atomic E-state index is 12.2. The summed E-state index contributed by atoms with van der Waals surface area (Å²) >= 11 is 5.91.